The van der Waals surface area contributed by atoms with Crippen LogP contribution in [0.25, 0.3) is 33.5 Å². The van der Waals surface area contributed by atoms with Crippen molar-refractivity contribution < 1.29 is 15.0 Å². The molecule has 156 valence electrons. The minimum Gasteiger partial charge on any atom is -0.507 e. The molecule has 31 heavy (non-hydrogen) atoms. The van der Waals surface area contributed by atoms with Crippen molar-refractivity contribution in [1.29, 1.82) is 5.41 Å². The Hall–Kier alpha value is -4.17. The molecule has 0 aliphatic rings. The molecule has 0 saturated carbocycles. The number of aromatic nitrogens is 2. The molecule has 3 aromatic carbocycles. The maximum absolute atomic E-state index is 11.5. The van der Waals surface area contributed by atoms with E-state index in [2.05, 4.69) is 9.97 Å². The van der Waals surface area contributed by atoms with Gasteiger partial charge in [-0.2, -0.15) is 0 Å². The summed E-state index contributed by atoms with van der Waals surface area (Å²) in [5.74, 6) is -0.725. The molecule has 0 fully saturated rings. The summed E-state index contributed by atoms with van der Waals surface area (Å²) in [7, 11) is 0. The second-order valence-corrected chi connectivity index (χ2v) is 7.16. The van der Waals surface area contributed by atoms with Crippen molar-refractivity contribution in [2.45, 2.75) is 13.0 Å². The lowest BCUT2D eigenvalue weighted by molar-refractivity contribution is -0.136. The Bertz CT molecular complexity index is 1310. The number of H-pyrrole nitrogens is 1. The van der Waals surface area contributed by atoms with Gasteiger partial charge in [-0.1, -0.05) is 30.3 Å². The van der Waals surface area contributed by atoms with Crippen molar-refractivity contribution in [1.82, 2.24) is 9.97 Å². The first-order valence-corrected chi connectivity index (χ1v) is 9.58. The lowest BCUT2D eigenvalue weighted by Crippen LogP contribution is -2.10. The van der Waals surface area contributed by atoms with Gasteiger partial charge in [-0.05, 0) is 41.0 Å². The van der Waals surface area contributed by atoms with Crippen LogP contribution in [0.4, 0.5) is 0 Å². The molecule has 0 amide bonds. The number of phenolic OH excluding ortho intramolecular Hbond substituents is 1. The molecule has 0 aliphatic heterocycles. The summed E-state index contributed by atoms with van der Waals surface area (Å²) in [6.45, 7) is 0.0722. The average molecular weight is 415 g/mol. The van der Waals surface area contributed by atoms with Gasteiger partial charge in [-0.25, -0.2) is 4.98 Å². The van der Waals surface area contributed by atoms with E-state index in [0.717, 1.165) is 5.56 Å². The first-order chi connectivity index (χ1) is 14.9. The van der Waals surface area contributed by atoms with E-state index in [1.165, 1.54) is 0 Å². The number of phenols is 1. The van der Waals surface area contributed by atoms with Crippen molar-refractivity contribution in [3.8, 4) is 28.3 Å². The lowest BCUT2D eigenvalue weighted by Gasteiger charge is -2.17. The smallest absolute Gasteiger partial charge is 0.307 e. The van der Waals surface area contributed by atoms with Gasteiger partial charge in [0.2, 0.25) is 0 Å². The number of carboxylic acids is 1. The van der Waals surface area contributed by atoms with Crippen LogP contribution in [-0.2, 0) is 17.8 Å². The van der Waals surface area contributed by atoms with Crippen LogP contribution >= 0.6 is 0 Å². The molecule has 0 atom stereocenters. The molecule has 4 aromatic rings. The molecular weight excluding hydrogens is 394 g/mol. The predicted octanol–water partition coefficient (Wildman–Crippen LogP) is 2.97. The fourth-order valence-electron chi connectivity index (χ4n) is 3.72. The maximum atomic E-state index is 11.5. The van der Waals surface area contributed by atoms with E-state index in [4.69, 9.17) is 16.9 Å². The van der Waals surface area contributed by atoms with E-state index >= 15 is 0 Å². The molecule has 1 heterocycles. The van der Waals surface area contributed by atoms with Gasteiger partial charge in [0.1, 0.15) is 17.4 Å². The number of amidine groups is 1. The van der Waals surface area contributed by atoms with Gasteiger partial charge in [-0.3, -0.25) is 10.2 Å². The molecular formula is C23H21N5O3. The number of aliphatic carboxylic acids is 1. The van der Waals surface area contributed by atoms with Crippen molar-refractivity contribution in [2.24, 2.45) is 11.5 Å². The number of fused-ring (bicyclic) bond motifs is 1. The number of nitrogens with two attached hydrogens (primary N) is 2. The van der Waals surface area contributed by atoms with Gasteiger partial charge in [0.15, 0.2) is 0 Å². The Morgan fingerprint density at radius 1 is 1.13 bits per heavy atom. The number of nitrogens with one attached hydrogen (secondary N) is 2. The first kappa shape index (κ1) is 20.1. The largest absolute Gasteiger partial charge is 0.507 e. The van der Waals surface area contributed by atoms with Crippen LogP contribution in [0.3, 0.4) is 0 Å². The highest BCUT2D eigenvalue weighted by Gasteiger charge is 2.22. The fraction of sp³-hybridized carbons (Fsp3) is 0.0870. The third-order valence-electron chi connectivity index (χ3n) is 5.16. The van der Waals surface area contributed by atoms with Crippen LogP contribution in [0, 0.1) is 5.41 Å². The number of nitrogen functional groups attached to an aromatic ring is 1. The highest BCUT2D eigenvalue weighted by molar-refractivity contribution is 5.98. The molecule has 0 saturated heterocycles. The number of hydrogen-bond acceptors (Lipinski definition) is 5. The van der Waals surface area contributed by atoms with Crippen LogP contribution in [0.15, 0.2) is 54.6 Å². The van der Waals surface area contributed by atoms with Gasteiger partial charge in [-0.15, -0.1) is 0 Å². The summed E-state index contributed by atoms with van der Waals surface area (Å²) in [4.78, 5) is 19.2. The Labute approximate surface area is 177 Å². The Morgan fingerprint density at radius 3 is 2.52 bits per heavy atom. The monoisotopic (exact) mass is 415 g/mol. The maximum Gasteiger partial charge on any atom is 0.307 e. The van der Waals surface area contributed by atoms with Crippen molar-refractivity contribution >= 4 is 22.8 Å². The number of hydrogen-bond donors (Lipinski definition) is 6. The van der Waals surface area contributed by atoms with Crippen LogP contribution < -0.4 is 11.5 Å². The second kappa shape index (κ2) is 7.92. The van der Waals surface area contributed by atoms with Gasteiger partial charge in [0, 0.05) is 17.7 Å². The Kier molecular flexibility index (Phi) is 5.14. The van der Waals surface area contributed by atoms with Gasteiger partial charge < -0.3 is 26.7 Å². The highest BCUT2D eigenvalue weighted by Crippen LogP contribution is 2.42. The zero-order chi connectivity index (χ0) is 22.1. The zero-order valence-corrected chi connectivity index (χ0v) is 16.5. The number of aromatic amines is 1. The Morgan fingerprint density at radius 2 is 1.87 bits per heavy atom. The molecule has 1 aromatic heterocycles. The number of benzene rings is 3. The summed E-state index contributed by atoms with van der Waals surface area (Å²) in [6, 6.07) is 15.9. The van der Waals surface area contributed by atoms with E-state index < -0.39 is 5.97 Å². The second-order valence-electron chi connectivity index (χ2n) is 7.16. The van der Waals surface area contributed by atoms with Crippen LogP contribution in [0.2, 0.25) is 0 Å². The third kappa shape index (κ3) is 3.72. The summed E-state index contributed by atoms with van der Waals surface area (Å²) in [5, 5.41) is 28.2. The number of carboxylic acid groups (broad SMARTS) is 1. The number of imidazole rings is 1. The van der Waals surface area contributed by atoms with Crippen LogP contribution in [-0.4, -0.2) is 32.0 Å². The quantitative estimate of drug-likeness (QED) is 0.209. The summed E-state index contributed by atoms with van der Waals surface area (Å²) < 4.78 is 0. The van der Waals surface area contributed by atoms with E-state index in [1.807, 2.05) is 30.3 Å². The lowest BCUT2D eigenvalue weighted by atomic mass is 9.90. The molecule has 0 bridgehead atoms. The number of aromatic hydroxyl groups is 1. The molecule has 0 unspecified atom stereocenters. The molecule has 0 spiro atoms. The van der Waals surface area contributed by atoms with Gasteiger partial charge in [0.25, 0.3) is 0 Å². The molecule has 4 rings (SSSR count). The van der Waals surface area contributed by atoms with Gasteiger partial charge >= 0.3 is 5.97 Å². The van der Waals surface area contributed by atoms with Crippen LogP contribution in [0.1, 0.15) is 16.7 Å². The first-order valence-electron chi connectivity index (χ1n) is 9.58. The van der Waals surface area contributed by atoms with Crippen molar-refractivity contribution in [2.75, 3.05) is 0 Å². The Balaban J connectivity index is 1.98. The number of carbonyl (C=O) groups is 1. The van der Waals surface area contributed by atoms with Crippen molar-refractivity contribution in [3.63, 3.8) is 0 Å². The molecule has 8 heteroatoms. The van der Waals surface area contributed by atoms with Gasteiger partial charge in [0.05, 0.1) is 23.0 Å². The normalized spacial score (nSPS) is 11.0. The minimum atomic E-state index is -0.999. The third-order valence-corrected chi connectivity index (χ3v) is 5.16. The van der Waals surface area contributed by atoms with E-state index in [0.29, 0.717) is 44.7 Å². The zero-order valence-electron chi connectivity index (χ0n) is 16.5. The molecule has 0 radical (unpaired) electrons. The highest BCUT2D eigenvalue weighted by atomic mass is 16.4. The topological polar surface area (TPSA) is 162 Å². The average Bonchev–Trinajstić information content (AvgIpc) is 3.17. The van der Waals surface area contributed by atoms with Crippen molar-refractivity contribution in [3.05, 3.63) is 71.3 Å². The fourth-order valence-corrected chi connectivity index (χ4v) is 3.72. The number of rotatable bonds is 6. The molecule has 8 nitrogen and oxygen atoms in total. The van der Waals surface area contributed by atoms with E-state index in [9.17, 15) is 15.0 Å². The molecule has 0 aliphatic carbocycles. The summed E-state index contributed by atoms with van der Waals surface area (Å²) >= 11 is 0. The predicted molar refractivity (Wildman–Crippen MR) is 119 cm³/mol. The standard InChI is InChI=1S/C23H21N5O3/c24-11-16-14(10-19(29)30)8-15(21(31)20(16)12-4-2-1-3-5-12)23-27-17-7-6-13(22(25)26)9-18(17)28-23/h1-9,31H,10-11,24H2,(H3,25,26)(H,27,28)(H,29,30). The summed E-state index contributed by atoms with van der Waals surface area (Å²) in [6.07, 6.45) is -0.242. The SMILES string of the molecule is N=C(N)c1ccc2nc(-c3cc(CC(=O)O)c(CN)c(-c4ccccc4)c3O)[nH]c2c1. The van der Waals surface area contributed by atoms with Crippen LogP contribution in [0.5, 0.6) is 5.75 Å². The summed E-state index contributed by atoms with van der Waals surface area (Å²) in [5.41, 5.74) is 16.0. The van der Waals surface area contributed by atoms with E-state index in [1.54, 1.807) is 24.3 Å². The number of nitrogens with zero attached hydrogens (tertiary/aromatic N) is 1. The molecule has 8 N–H and O–H groups in total. The minimum absolute atomic E-state index is 0.0355. The van der Waals surface area contributed by atoms with E-state index in [-0.39, 0.29) is 24.6 Å².